The first-order valence-corrected chi connectivity index (χ1v) is 9.92. The van der Waals surface area contributed by atoms with Crippen LogP contribution in [0.2, 0.25) is 0 Å². The van der Waals surface area contributed by atoms with E-state index in [9.17, 15) is 0 Å². The fraction of sp³-hybridized carbons (Fsp3) is 0.429. The molecular formula is C21H26N6. The summed E-state index contributed by atoms with van der Waals surface area (Å²) in [4.78, 5) is 2.39. The minimum Gasteiger partial charge on any atom is -0.324 e. The van der Waals surface area contributed by atoms with Gasteiger partial charge < -0.3 is 10.2 Å². The van der Waals surface area contributed by atoms with E-state index in [1.807, 2.05) is 10.9 Å². The molecule has 0 amide bonds. The Morgan fingerprint density at radius 2 is 2.07 bits per heavy atom. The quantitative estimate of drug-likeness (QED) is 0.748. The standard InChI is InChI=1S/C21H26N6/c1-14(2)27-13-17(11-23-27)15-5-6-20-16(10-15)4-3-9-26(20)21-18-12-22-8-7-19(18)24-25-21/h5-6,10-11,13-14,22H,3-4,7-9,12H2,1-2H3,(H,24,25). The van der Waals surface area contributed by atoms with Crippen molar-refractivity contribution in [1.82, 2.24) is 25.3 Å². The van der Waals surface area contributed by atoms with Crippen molar-refractivity contribution in [3.63, 3.8) is 0 Å². The third-order valence-corrected chi connectivity index (χ3v) is 5.70. The maximum Gasteiger partial charge on any atom is 0.159 e. The molecule has 27 heavy (non-hydrogen) atoms. The van der Waals surface area contributed by atoms with Crippen molar-refractivity contribution >= 4 is 11.5 Å². The van der Waals surface area contributed by atoms with Crippen molar-refractivity contribution < 1.29 is 0 Å². The van der Waals surface area contributed by atoms with Gasteiger partial charge in [0.25, 0.3) is 0 Å². The van der Waals surface area contributed by atoms with E-state index < -0.39 is 0 Å². The van der Waals surface area contributed by atoms with Crippen molar-refractivity contribution in [1.29, 1.82) is 0 Å². The maximum absolute atomic E-state index is 4.67. The topological polar surface area (TPSA) is 61.8 Å². The molecule has 0 radical (unpaired) electrons. The molecule has 2 aliphatic rings. The van der Waals surface area contributed by atoms with Gasteiger partial charge in [-0.05, 0) is 49.9 Å². The molecule has 1 aromatic carbocycles. The van der Waals surface area contributed by atoms with E-state index in [2.05, 4.69) is 63.8 Å². The van der Waals surface area contributed by atoms with E-state index in [1.54, 1.807) is 0 Å². The van der Waals surface area contributed by atoms with Crippen LogP contribution in [-0.2, 0) is 19.4 Å². The summed E-state index contributed by atoms with van der Waals surface area (Å²) in [6.07, 6.45) is 7.41. The average Bonchev–Trinajstić information content (AvgIpc) is 3.35. The zero-order valence-electron chi connectivity index (χ0n) is 16.0. The maximum atomic E-state index is 4.67. The lowest BCUT2D eigenvalue weighted by Gasteiger charge is -2.31. The highest BCUT2D eigenvalue weighted by atomic mass is 15.3. The van der Waals surface area contributed by atoms with Crippen LogP contribution in [0.5, 0.6) is 0 Å². The Hall–Kier alpha value is -2.60. The number of aromatic nitrogens is 4. The van der Waals surface area contributed by atoms with E-state index in [4.69, 9.17) is 0 Å². The monoisotopic (exact) mass is 362 g/mol. The molecule has 6 nitrogen and oxygen atoms in total. The molecule has 0 saturated heterocycles. The van der Waals surface area contributed by atoms with Gasteiger partial charge in [0, 0.05) is 60.8 Å². The smallest absolute Gasteiger partial charge is 0.159 e. The van der Waals surface area contributed by atoms with Crippen molar-refractivity contribution in [2.75, 3.05) is 18.0 Å². The van der Waals surface area contributed by atoms with E-state index >= 15 is 0 Å². The van der Waals surface area contributed by atoms with Crippen LogP contribution in [0.15, 0.2) is 30.6 Å². The normalized spacial score (nSPS) is 16.5. The van der Waals surface area contributed by atoms with Gasteiger partial charge in [-0.3, -0.25) is 9.78 Å². The predicted octanol–water partition coefficient (Wildman–Crippen LogP) is 3.58. The lowest BCUT2D eigenvalue weighted by molar-refractivity contribution is 0.532. The number of nitrogens with zero attached hydrogens (tertiary/aromatic N) is 4. The number of aromatic amines is 1. The van der Waals surface area contributed by atoms with Crippen molar-refractivity contribution in [3.05, 3.63) is 47.4 Å². The molecule has 0 spiro atoms. The summed E-state index contributed by atoms with van der Waals surface area (Å²) >= 11 is 0. The molecule has 6 heteroatoms. The Morgan fingerprint density at radius 1 is 1.15 bits per heavy atom. The molecule has 2 aliphatic heterocycles. The molecule has 0 unspecified atom stereocenters. The first-order valence-electron chi connectivity index (χ1n) is 9.92. The van der Waals surface area contributed by atoms with Gasteiger partial charge in [0.05, 0.1) is 6.20 Å². The zero-order valence-corrected chi connectivity index (χ0v) is 16.0. The molecule has 2 aromatic heterocycles. The van der Waals surface area contributed by atoms with E-state index in [-0.39, 0.29) is 0 Å². The predicted molar refractivity (Wildman–Crippen MR) is 107 cm³/mol. The molecule has 0 saturated carbocycles. The molecule has 4 heterocycles. The van der Waals surface area contributed by atoms with E-state index in [0.717, 1.165) is 44.7 Å². The largest absolute Gasteiger partial charge is 0.324 e. The molecule has 2 N–H and O–H groups in total. The zero-order chi connectivity index (χ0) is 18.4. The summed E-state index contributed by atoms with van der Waals surface area (Å²) in [5, 5.41) is 15.9. The number of benzene rings is 1. The fourth-order valence-electron chi connectivity index (χ4n) is 4.20. The number of hydrogen-bond acceptors (Lipinski definition) is 4. The Kier molecular flexibility index (Phi) is 4.01. The molecule has 0 bridgehead atoms. The SMILES string of the molecule is CC(C)n1cc(-c2ccc3c(c2)CCCN3c2n[nH]c3c2CNCC3)cn1. The number of hydrogen-bond donors (Lipinski definition) is 2. The highest BCUT2D eigenvalue weighted by Gasteiger charge is 2.26. The van der Waals surface area contributed by atoms with Crippen LogP contribution in [0.3, 0.4) is 0 Å². The lowest BCUT2D eigenvalue weighted by Crippen LogP contribution is -2.28. The van der Waals surface area contributed by atoms with Crippen molar-refractivity contribution in [2.24, 2.45) is 0 Å². The van der Waals surface area contributed by atoms with Crippen LogP contribution < -0.4 is 10.2 Å². The second-order valence-corrected chi connectivity index (χ2v) is 7.83. The highest BCUT2D eigenvalue weighted by Crippen LogP contribution is 2.37. The lowest BCUT2D eigenvalue weighted by atomic mass is 9.96. The van der Waals surface area contributed by atoms with Gasteiger partial charge in [0.1, 0.15) is 0 Å². The Balaban J connectivity index is 1.51. The minimum absolute atomic E-state index is 0.381. The number of fused-ring (bicyclic) bond motifs is 2. The van der Waals surface area contributed by atoms with Crippen molar-refractivity contribution in [2.45, 2.75) is 45.7 Å². The molecular weight excluding hydrogens is 336 g/mol. The van der Waals surface area contributed by atoms with Crippen LogP contribution in [0.1, 0.15) is 43.1 Å². The first-order chi connectivity index (χ1) is 13.2. The molecule has 5 rings (SSSR count). The first kappa shape index (κ1) is 16.6. The average molecular weight is 362 g/mol. The Bertz CT molecular complexity index is 967. The number of nitrogens with one attached hydrogen (secondary N) is 2. The second kappa shape index (κ2) is 6.53. The summed E-state index contributed by atoms with van der Waals surface area (Å²) in [5.74, 6) is 1.10. The van der Waals surface area contributed by atoms with Crippen LogP contribution in [0.25, 0.3) is 11.1 Å². The van der Waals surface area contributed by atoms with Gasteiger partial charge in [-0.1, -0.05) is 6.07 Å². The van der Waals surface area contributed by atoms with Crippen LogP contribution in [-0.4, -0.2) is 33.1 Å². The third-order valence-electron chi connectivity index (χ3n) is 5.70. The number of anilines is 2. The van der Waals surface area contributed by atoms with Gasteiger partial charge >= 0.3 is 0 Å². The van der Waals surface area contributed by atoms with Crippen LogP contribution in [0, 0.1) is 0 Å². The summed E-state index contributed by atoms with van der Waals surface area (Å²) in [6, 6.07) is 7.19. The van der Waals surface area contributed by atoms with Crippen LogP contribution in [0.4, 0.5) is 11.5 Å². The Morgan fingerprint density at radius 3 is 2.93 bits per heavy atom. The summed E-state index contributed by atoms with van der Waals surface area (Å²) in [7, 11) is 0. The molecule has 0 aliphatic carbocycles. The van der Waals surface area contributed by atoms with Gasteiger partial charge in [-0.25, -0.2) is 0 Å². The third kappa shape index (κ3) is 2.84. The number of rotatable bonds is 3. The Labute approximate surface area is 159 Å². The number of aryl methyl sites for hydroxylation is 1. The second-order valence-electron chi connectivity index (χ2n) is 7.83. The molecule has 140 valence electrons. The van der Waals surface area contributed by atoms with Gasteiger partial charge in [0.2, 0.25) is 0 Å². The van der Waals surface area contributed by atoms with E-state index in [1.165, 1.54) is 33.6 Å². The van der Waals surface area contributed by atoms with Gasteiger partial charge in [-0.2, -0.15) is 10.2 Å². The van der Waals surface area contributed by atoms with Crippen LogP contribution >= 0.6 is 0 Å². The highest BCUT2D eigenvalue weighted by molar-refractivity contribution is 5.73. The number of H-pyrrole nitrogens is 1. The minimum atomic E-state index is 0.381. The summed E-state index contributed by atoms with van der Waals surface area (Å²) in [6.45, 7) is 7.26. The molecule has 0 atom stereocenters. The summed E-state index contributed by atoms with van der Waals surface area (Å²) < 4.78 is 2.02. The fourth-order valence-corrected chi connectivity index (χ4v) is 4.20. The van der Waals surface area contributed by atoms with Gasteiger partial charge in [-0.15, -0.1) is 0 Å². The molecule has 3 aromatic rings. The van der Waals surface area contributed by atoms with Crippen molar-refractivity contribution in [3.8, 4) is 11.1 Å². The van der Waals surface area contributed by atoms with E-state index in [0.29, 0.717) is 6.04 Å². The van der Waals surface area contributed by atoms with Gasteiger partial charge in [0.15, 0.2) is 5.82 Å². The molecule has 0 fully saturated rings. The summed E-state index contributed by atoms with van der Waals surface area (Å²) in [5.41, 5.74) is 7.74.